The monoisotopic (exact) mass is 328 g/mol. The van der Waals surface area contributed by atoms with E-state index in [0.717, 1.165) is 28.9 Å². The fraction of sp³-hybridized carbons (Fsp3) is 0.571. The Labute approximate surface area is 122 Å². The van der Waals surface area contributed by atoms with E-state index < -0.39 is 0 Å². The molecule has 0 saturated carbocycles. The van der Waals surface area contributed by atoms with Crippen LogP contribution in [0.1, 0.15) is 31.2 Å². The lowest BCUT2D eigenvalue weighted by Gasteiger charge is -2.37. The van der Waals surface area contributed by atoms with E-state index in [-0.39, 0.29) is 0 Å². The van der Waals surface area contributed by atoms with Crippen molar-refractivity contribution in [3.63, 3.8) is 0 Å². The Balaban J connectivity index is 1.75. The molecule has 2 saturated heterocycles. The normalized spacial score (nSPS) is 31.8. The standard InChI is InChI=1S/C14H18BrClN2/c15-13-4-1-9(5-14(13)16)8-18-11-2-3-12(18)7-10(17)6-11/h1,4-5,10-12H,2-3,6-8,17H2. The summed E-state index contributed by atoms with van der Waals surface area (Å²) in [5.74, 6) is 0. The van der Waals surface area contributed by atoms with Crippen LogP contribution in [0.2, 0.25) is 5.02 Å². The first-order chi connectivity index (χ1) is 8.63. The molecular formula is C14H18BrClN2. The Morgan fingerprint density at radius 3 is 2.56 bits per heavy atom. The van der Waals surface area contributed by atoms with Gasteiger partial charge in [-0.2, -0.15) is 0 Å². The second-order valence-electron chi connectivity index (χ2n) is 5.54. The molecule has 1 aromatic rings. The minimum atomic E-state index is 0.409. The van der Waals surface area contributed by atoms with Crippen LogP contribution in [0.15, 0.2) is 22.7 Å². The zero-order valence-electron chi connectivity index (χ0n) is 10.3. The van der Waals surface area contributed by atoms with Crippen molar-refractivity contribution < 1.29 is 0 Å². The molecule has 2 aliphatic rings. The van der Waals surface area contributed by atoms with Crippen LogP contribution < -0.4 is 5.73 Å². The van der Waals surface area contributed by atoms with E-state index in [9.17, 15) is 0 Å². The molecule has 4 heteroatoms. The predicted molar refractivity (Wildman–Crippen MR) is 78.7 cm³/mol. The molecule has 2 unspecified atom stereocenters. The van der Waals surface area contributed by atoms with Crippen molar-refractivity contribution >= 4 is 27.5 Å². The van der Waals surface area contributed by atoms with Gasteiger partial charge in [0.05, 0.1) is 5.02 Å². The number of nitrogens with two attached hydrogens (primary N) is 1. The third-order valence-corrected chi connectivity index (χ3v) is 5.50. The Morgan fingerprint density at radius 1 is 1.28 bits per heavy atom. The fourth-order valence-corrected chi connectivity index (χ4v) is 3.87. The van der Waals surface area contributed by atoms with E-state index in [4.69, 9.17) is 17.3 Å². The Hall–Kier alpha value is -0.0900. The smallest absolute Gasteiger partial charge is 0.0551 e. The maximum Gasteiger partial charge on any atom is 0.0551 e. The number of halogens is 2. The molecule has 3 rings (SSSR count). The number of hydrogen-bond acceptors (Lipinski definition) is 2. The Kier molecular flexibility index (Phi) is 3.68. The number of rotatable bonds is 2. The molecule has 18 heavy (non-hydrogen) atoms. The highest BCUT2D eigenvalue weighted by Crippen LogP contribution is 2.36. The van der Waals surface area contributed by atoms with Gasteiger partial charge in [0.2, 0.25) is 0 Å². The molecule has 98 valence electrons. The molecule has 2 bridgehead atoms. The van der Waals surface area contributed by atoms with Crippen molar-refractivity contribution in [3.8, 4) is 0 Å². The first-order valence-electron chi connectivity index (χ1n) is 6.59. The van der Waals surface area contributed by atoms with Gasteiger partial charge >= 0.3 is 0 Å². The van der Waals surface area contributed by atoms with E-state index in [1.165, 1.54) is 18.4 Å². The van der Waals surface area contributed by atoms with Crippen molar-refractivity contribution in [3.05, 3.63) is 33.3 Å². The SMILES string of the molecule is NC1CC2CCC(C1)N2Cc1ccc(Br)c(Cl)c1. The molecule has 0 aliphatic carbocycles. The van der Waals surface area contributed by atoms with Crippen LogP contribution in [0.5, 0.6) is 0 Å². The maximum atomic E-state index is 6.16. The maximum absolute atomic E-state index is 6.16. The molecule has 1 aromatic carbocycles. The summed E-state index contributed by atoms with van der Waals surface area (Å²) in [6, 6.07) is 8.04. The lowest BCUT2D eigenvalue weighted by molar-refractivity contribution is 0.120. The molecule has 2 atom stereocenters. The summed E-state index contributed by atoms with van der Waals surface area (Å²) < 4.78 is 0.969. The van der Waals surface area contributed by atoms with Crippen molar-refractivity contribution in [2.75, 3.05) is 0 Å². The van der Waals surface area contributed by atoms with Crippen LogP contribution in [0.25, 0.3) is 0 Å². The van der Waals surface area contributed by atoms with Crippen LogP contribution in [-0.4, -0.2) is 23.0 Å². The third kappa shape index (κ3) is 2.46. The zero-order chi connectivity index (χ0) is 12.7. The largest absolute Gasteiger partial charge is 0.328 e. The minimum absolute atomic E-state index is 0.409. The number of hydrogen-bond donors (Lipinski definition) is 1. The summed E-state index contributed by atoms with van der Waals surface area (Å²) in [6.45, 7) is 1.01. The predicted octanol–water partition coefficient (Wildman–Crippen LogP) is 3.56. The van der Waals surface area contributed by atoms with Crippen LogP contribution in [0.4, 0.5) is 0 Å². The average molecular weight is 330 g/mol. The van der Waals surface area contributed by atoms with Gasteiger partial charge in [-0.05, 0) is 59.3 Å². The minimum Gasteiger partial charge on any atom is -0.328 e. The number of fused-ring (bicyclic) bond motifs is 2. The molecular weight excluding hydrogens is 312 g/mol. The molecule has 2 nitrogen and oxygen atoms in total. The van der Waals surface area contributed by atoms with Gasteiger partial charge in [-0.3, -0.25) is 4.90 Å². The lowest BCUT2D eigenvalue weighted by Crippen LogP contribution is -2.46. The van der Waals surface area contributed by atoms with E-state index in [0.29, 0.717) is 18.1 Å². The molecule has 2 aliphatic heterocycles. The second kappa shape index (κ2) is 5.12. The van der Waals surface area contributed by atoms with Crippen molar-refractivity contribution in [1.82, 2.24) is 4.90 Å². The van der Waals surface area contributed by atoms with Crippen LogP contribution in [-0.2, 0) is 6.54 Å². The molecule has 2 N–H and O–H groups in total. The van der Waals surface area contributed by atoms with Gasteiger partial charge in [0.25, 0.3) is 0 Å². The highest BCUT2D eigenvalue weighted by atomic mass is 79.9. The van der Waals surface area contributed by atoms with E-state index in [1.54, 1.807) is 0 Å². The van der Waals surface area contributed by atoms with E-state index in [2.05, 4.69) is 33.0 Å². The fourth-order valence-electron chi connectivity index (χ4n) is 3.42. The summed E-state index contributed by atoms with van der Waals surface area (Å²) in [7, 11) is 0. The highest BCUT2D eigenvalue weighted by Gasteiger charge is 2.39. The van der Waals surface area contributed by atoms with Gasteiger partial charge in [0, 0.05) is 29.1 Å². The molecule has 0 aromatic heterocycles. The summed E-state index contributed by atoms with van der Waals surface area (Å²) >= 11 is 9.59. The third-order valence-electron chi connectivity index (χ3n) is 4.27. The average Bonchev–Trinajstić information content (AvgIpc) is 2.58. The quantitative estimate of drug-likeness (QED) is 0.899. The summed E-state index contributed by atoms with van der Waals surface area (Å²) in [5.41, 5.74) is 7.40. The van der Waals surface area contributed by atoms with E-state index in [1.807, 2.05) is 6.07 Å². The van der Waals surface area contributed by atoms with Crippen molar-refractivity contribution in [1.29, 1.82) is 0 Å². The lowest BCUT2D eigenvalue weighted by atomic mass is 9.97. The second-order valence-corrected chi connectivity index (χ2v) is 6.80. The molecule has 0 amide bonds. The topological polar surface area (TPSA) is 29.3 Å². The van der Waals surface area contributed by atoms with E-state index >= 15 is 0 Å². The number of nitrogens with zero attached hydrogens (tertiary/aromatic N) is 1. The van der Waals surface area contributed by atoms with Crippen molar-refractivity contribution in [2.45, 2.75) is 50.4 Å². The summed E-state index contributed by atoms with van der Waals surface area (Å²) in [5, 5.41) is 0.800. The van der Waals surface area contributed by atoms with Crippen molar-refractivity contribution in [2.24, 2.45) is 5.73 Å². The number of benzene rings is 1. The molecule has 0 radical (unpaired) electrons. The summed E-state index contributed by atoms with van der Waals surface area (Å²) in [4.78, 5) is 2.63. The highest BCUT2D eigenvalue weighted by molar-refractivity contribution is 9.10. The molecule has 2 fully saturated rings. The van der Waals surface area contributed by atoms with Gasteiger partial charge in [-0.15, -0.1) is 0 Å². The van der Waals surface area contributed by atoms with Gasteiger partial charge in [-0.25, -0.2) is 0 Å². The zero-order valence-corrected chi connectivity index (χ0v) is 12.6. The Morgan fingerprint density at radius 2 is 1.94 bits per heavy atom. The molecule has 2 heterocycles. The van der Waals surface area contributed by atoms with Crippen LogP contribution in [0.3, 0.4) is 0 Å². The first kappa shape index (κ1) is 12.9. The van der Waals surface area contributed by atoms with Gasteiger partial charge < -0.3 is 5.73 Å². The molecule has 0 spiro atoms. The van der Waals surface area contributed by atoms with Gasteiger partial charge in [-0.1, -0.05) is 17.7 Å². The summed E-state index contributed by atoms with van der Waals surface area (Å²) in [6.07, 6.45) is 4.92. The van der Waals surface area contributed by atoms with Crippen LogP contribution in [0, 0.1) is 0 Å². The van der Waals surface area contributed by atoms with Gasteiger partial charge in [0.15, 0.2) is 0 Å². The van der Waals surface area contributed by atoms with Crippen LogP contribution >= 0.6 is 27.5 Å². The Bertz CT molecular complexity index is 437. The van der Waals surface area contributed by atoms with Gasteiger partial charge in [0.1, 0.15) is 0 Å². The first-order valence-corrected chi connectivity index (χ1v) is 7.76. The number of piperidine rings is 1.